The summed E-state index contributed by atoms with van der Waals surface area (Å²) in [6, 6.07) is 8.26. The van der Waals surface area contributed by atoms with Gasteiger partial charge in [-0.25, -0.2) is 0 Å². The lowest BCUT2D eigenvalue weighted by Gasteiger charge is -2.06. The predicted molar refractivity (Wildman–Crippen MR) is 81.2 cm³/mol. The number of carbonyl (C=O) groups excluding carboxylic acids is 1. The zero-order valence-electron chi connectivity index (χ0n) is 11.3. The molecule has 0 spiro atoms. The lowest BCUT2D eigenvalue weighted by Crippen LogP contribution is -2.33. The Balaban J connectivity index is 1.72. The van der Waals surface area contributed by atoms with Crippen molar-refractivity contribution in [3.63, 3.8) is 0 Å². The van der Waals surface area contributed by atoms with E-state index in [-0.39, 0.29) is 11.8 Å². The normalized spacial score (nSPS) is 21.2. The Bertz CT molecular complexity index is 436. The Labute approximate surface area is 123 Å². The molecule has 1 saturated carbocycles. The molecular formula is C15H21BrN2O. The summed E-state index contributed by atoms with van der Waals surface area (Å²) in [5.74, 6) is 0.768. The van der Waals surface area contributed by atoms with Crippen molar-refractivity contribution in [2.24, 2.45) is 5.92 Å². The van der Waals surface area contributed by atoms with E-state index in [1.807, 2.05) is 12.1 Å². The first-order chi connectivity index (χ1) is 9.22. The summed E-state index contributed by atoms with van der Waals surface area (Å²) in [7, 11) is 0. The fourth-order valence-electron chi connectivity index (χ4n) is 2.30. The molecule has 0 aromatic heterocycles. The quantitative estimate of drug-likeness (QED) is 0.757. The highest BCUT2D eigenvalue weighted by Gasteiger charge is 2.43. The first kappa shape index (κ1) is 14.5. The lowest BCUT2D eigenvalue weighted by atomic mass is 10.1. The molecule has 104 valence electrons. The summed E-state index contributed by atoms with van der Waals surface area (Å²) in [5.41, 5.74) is 1.26. The second-order valence-electron chi connectivity index (χ2n) is 5.04. The standard InChI is InChI=1S/C15H21BrN2O/c1-2-6-17-7-8-18-15(19)14-10-13(14)11-4-3-5-12(16)9-11/h3-5,9,13-14,17H,2,6-8,10H2,1H3,(H,18,19). The summed E-state index contributed by atoms with van der Waals surface area (Å²) in [4.78, 5) is 12.0. The van der Waals surface area contributed by atoms with E-state index in [0.29, 0.717) is 5.92 Å². The third kappa shape index (κ3) is 4.32. The monoisotopic (exact) mass is 324 g/mol. The van der Waals surface area contributed by atoms with Gasteiger partial charge in [-0.1, -0.05) is 35.0 Å². The highest BCUT2D eigenvalue weighted by molar-refractivity contribution is 9.10. The first-order valence-electron chi connectivity index (χ1n) is 6.96. The van der Waals surface area contributed by atoms with Crippen LogP contribution in [0.4, 0.5) is 0 Å². The molecule has 0 heterocycles. The van der Waals surface area contributed by atoms with E-state index in [4.69, 9.17) is 0 Å². The zero-order valence-corrected chi connectivity index (χ0v) is 12.9. The molecule has 1 aromatic rings. The van der Waals surface area contributed by atoms with Gasteiger partial charge in [0.1, 0.15) is 0 Å². The molecule has 4 heteroatoms. The van der Waals surface area contributed by atoms with Crippen LogP contribution in [0.1, 0.15) is 31.2 Å². The molecule has 2 rings (SSSR count). The van der Waals surface area contributed by atoms with Crippen LogP contribution >= 0.6 is 15.9 Å². The molecule has 1 aliphatic carbocycles. The molecule has 1 amide bonds. The van der Waals surface area contributed by atoms with Crippen molar-refractivity contribution in [1.82, 2.24) is 10.6 Å². The molecule has 2 unspecified atom stereocenters. The minimum atomic E-state index is 0.167. The molecule has 2 atom stereocenters. The Hall–Kier alpha value is -0.870. The van der Waals surface area contributed by atoms with E-state index < -0.39 is 0 Å². The van der Waals surface area contributed by atoms with E-state index >= 15 is 0 Å². The van der Waals surface area contributed by atoms with Gasteiger partial charge in [0.2, 0.25) is 5.91 Å². The lowest BCUT2D eigenvalue weighted by molar-refractivity contribution is -0.122. The van der Waals surface area contributed by atoms with Crippen LogP contribution in [-0.4, -0.2) is 25.5 Å². The molecule has 19 heavy (non-hydrogen) atoms. The Morgan fingerprint density at radius 1 is 1.37 bits per heavy atom. The smallest absolute Gasteiger partial charge is 0.223 e. The fourth-order valence-corrected chi connectivity index (χ4v) is 2.71. The van der Waals surface area contributed by atoms with Crippen LogP contribution in [0.3, 0.4) is 0 Å². The third-order valence-electron chi connectivity index (χ3n) is 3.43. The molecule has 0 bridgehead atoms. The highest BCUT2D eigenvalue weighted by atomic mass is 79.9. The minimum Gasteiger partial charge on any atom is -0.355 e. The Morgan fingerprint density at radius 3 is 2.95 bits per heavy atom. The second kappa shape index (κ2) is 7.06. The van der Waals surface area contributed by atoms with Gasteiger partial charge in [0, 0.05) is 23.5 Å². The summed E-state index contributed by atoms with van der Waals surface area (Å²) >= 11 is 3.47. The predicted octanol–water partition coefficient (Wildman–Crippen LogP) is 2.67. The molecular weight excluding hydrogens is 304 g/mol. The van der Waals surface area contributed by atoms with Crippen LogP contribution < -0.4 is 10.6 Å². The van der Waals surface area contributed by atoms with Gasteiger partial charge in [-0.3, -0.25) is 4.79 Å². The topological polar surface area (TPSA) is 41.1 Å². The maximum atomic E-state index is 12.0. The molecule has 1 aromatic carbocycles. The fraction of sp³-hybridized carbons (Fsp3) is 0.533. The molecule has 3 nitrogen and oxygen atoms in total. The van der Waals surface area contributed by atoms with Gasteiger partial charge in [-0.15, -0.1) is 0 Å². The maximum absolute atomic E-state index is 12.0. The van der Waals surface area contributed by atoms with Crippen LogP contribution in [-0.2, 0) is 4.79 Å². The van der Waals surface area contributed by atoms with E-state index in [9.17, 15) is 4.79 Å². The number of hydrogen-bond acceptors (Lipinski definition) is 2. The Kier molecular flexibility index (Phi) is 5.40. The summed E-state index contributed by atoms with van der Waals surface area (Å²) in [6.07, 6.45) is 2.10. The number of hydrogen-bond donors (Lipinski definition) is 2. The largest absolute Gasteiger partial charge is 0.355 e. The number of rotatable bonds is 7. The number of benzene rings is 1. The number of carbonyl (C=O) groups is 1. The number of amides is 1. The van der Waals surface area contributed by atoms with E-state index in [2.05, 4.69) is 45.6 Å². The molecule has 0 aliphatic heterocycles. The van der Waals surface area contributed by atoms with Gasteiger partial charge in [-0.2, -0.15) is 0 Å². The van der Waals surface area contributed by atoms with Gasteiger partial charge in [0.15, 0.2) is 0 Å². The third-order valence-corrected chi connectivity index (χ3v) is 3.93. The number of halogens is 1. The van der Waals surface area contributed by atoms with Gasteiger partial charge in [0.25, 0.3) is 0 Å². The van der Waals surface area contributed by atoms with Gasteiger partial charge in [-0.05, 0) is 43.0 Å². The SMILES string of the molecule is CCCNCCNC(=O)C1CC1c1cccc(Br)c1. The first-order valence-corrected chi connectivity index (χ1v) is 7.75. The van der Waals surface area contributed by atoms with Crippen molar-refractivity contribution >= 4 is 21.8 Å². The van der Waals surface area contributed by atoms with Crippen LogP contribution in [0, 0.1) is 5.92 Å². The van der Waals surface area contributed by atoms with Crippen LogP contribution in [0.15, 0.2) is 28.7 Å². The molecule has 1 aliphatic rings. The van der Waals surface area contributed by atoms with E-state index in [1.54, 1.807) is 0 Å². The molecule has 0 saturated heterocycles. The average molecular weight is 325 g/mol. The molecule has 2 N–H and O–H groups in total. The summed E-state index contributed by atoms with van der Waals surface area (Å²) in [6.45, 7) is 4.73. The van der Waals surface area contributed by atoms with Gasteiger partial charge >= 0.3 is 0 Å². The van der Waals surface area contributed by atoms with Crippen molar-refractivity contribution < 1.29 is 4.79 Å². The Morgan fingerprint density at radius 2 is 2.21 bits per heavy atom. The average Bonchev–Trinajstić information content (AvgIpc) is 3.18. The molecule has 0 radical (unpaired) electrons. The second-order valence-corrected chi connectivity index (χ2v) is 5.96. The van der Waals surface area contributed by atoms with E-state index in [0.717, 1.165) is 36.9 Å². The van der Waals surface area contributed by atoms with Crippen LogP contribution in [0.25, 0.3) is 0 Å². The van der Waals surface area contributed by atoms with Crippen molar-refractivity contribution in [2.45, 2.75) is 25.7 Å². The van der Waals surface area contributed by atoms with Gasteiger partial charge in [0.05, 0.1) is 0 Å². The van der Waals surface area contributed by atoms with Crippen LogP contribution in [0.5, 0.6) is 0 Å². The van der Waals surface area contributed by atoms with Gasteiger partial charge < -0.3 is 10.6 Å². The zero-order chi connectivity index (χ0) is 13.7. The van der Waals surface area contributed by atoms with Crippen molar-refractivity contribution in [2.75, 3.05) is 19.6 Å². The van der Waals surface area contributed by atoms with Crippen molar-refractivity contribution in [3.8, 4) is 0 Å². The minimum absolute atomic E-state index is 0.167. The summed E-state index contributed by atoms with van der Waals surface area (Å²) < 4.78 is 1.08. The van der Waals surface area contributed by atoms with E-state index in [1.165, 1.54) is 5.56 Å². The van der Waals surface area contributed by atoms with Crippen LogP contribution in [0.2, 0.25) is 0 Å². The van der Waals surface area contributed by atoms with Crippen molar-refractivity contribution in [1.29, 1.82) is 0 Å². The highest BCUT2D eigenvalue weighted by Crippen LogP contribution is 2.47. The summed E-state index contributed by atoms with van der Waals surface area (Å²) in [5, 5.41) is 6.28. The van der Waals surface area contributed by atoms with Crippen molar-refractivity contribution in [3.05, 3.63) is 34.3 Å². The number of nitrogens with one attached hydrogen (secondary N) is 2. The maximum Gasteiger partial charge on any atom is 0.223 e. The molecule has 1 fully saturated rings.